The lowest BCUT2D eigenvalue weighted by Crippen LogP contribution is -2.59. The highest BCUT2D eigenvalue weighted by atomic mass is 16.2. The van der Waals surface area contributed by atoms with E-state index >= 15 is 0 Å². The van der Waals surface area contributed by atoms with Crippen LogP contribution in [-0.4, -0.2) is 45.1 Å². The number of nitrogens with zero attached hydrogens (tertiary/aromatic N) is 3. The van der Waals surface area contributed by atoms with Gasteiger partial charge in [0, 0.05) is 24.4 Å². The zero-order valence-corrected chi connectivity index (χ0v) is 18.0. The maximum Gasteiger partial charge on any atom is 0.319 e. The molecule has 5 rings (SSSR count). The molecule has 3 amide bonds. The maximum atomic E-state index is 12.2. The zero-order chi connectivity index (χ0) is 21.3. The summed E-state index contributed by atoms with van der Waals surface area (Å²) in [7, 11) is 1.97. The number of carbonyl (C=O) groups excluding carboxylic acids is 2. The summed E-state index contributed by atoms with van der Waals surface area (Å²) in [5.41, 5.74) is 5.44. The van der Waals surface area contributed by atoms with Crippen molar-refractivity contribution in [3.8, 4) is 0 Å². The molecule has 0 radical (unpaired) electrons. The van der Waals surface area contributed by atoms with Gasteiger partial charge in [0.15, 0.2) is 0 Å². The molecule has 1 aromatic rings. The lowest BCUT2D eigenvalue weighted by atomic mass is 9.47. The summed E-state index contributed by atoms with van der Waals surface area (Å²) < 4.78 is 0. The van der Waals surface area contributed by atoms with Crippen LogP contribution in [0.5, 0.6) is 0 Å². The predicted molar refractivity (Wildman–Crippen MR) is 112 cm³/mol. The number of fused-ring (bicyclic) bond motifs is 5. The molecule has 0 saturated heterocycles. The summed E-state index contributed by atoms with van der Waals surface area (Å²) in [5, 5.41) is 9.66. The number of carbonyl (C=O) groups is 2. The van der Waals surface area contributed by atoms with Crippen molar-refractivity contribution in [3.63, 3.8) is 0 Å². The molecule has 1 aliphatic heterocycles. The number of nitrogens with one attached hydrogen (secondary N) is 2. The number of hydrogen-bond donors (Lipinski definition) is 3. The molecular formula is C22H32N6O2. The van der Waals surface area contributed by atoms with Crippen LogP contribution in [0.25, 0.3) is 0 Å². The standard InChI is InChI=1S/C22H32N6O2/c1-21-10-8-14-12(4-7-16-22(14,2)11-9-17(29)28(16)3)13(21)5-6-15(21)18-24-20(27-26-18)25-19(23)30/h9,11-16H,4-8,10H2,1-3H3,(H4,23,24,25,26,27,30)/t12-,13-,14-,15+,16+,21-,22+/m0/s1. The van der Waals surface area contributed by atoms with Crippen LogP contribution in [0.15, 0.2) is 12.2 Å². The number of aromatic amines is 1. The Balaban J connectivity index is 1.42. The van der Waals surface area contributed by atoms with Crippen LogP contribution < -0.4 is 11.1 Å². The SMILES string of the molecule is CN1C(=O)C=C[C@]2(C)[C@H]3CC[C@]4(C)[C@@H](c5nc(NC(N)=O)n[nH]5)CC[C@H]4[C@@H]3CC[C@@H]12. The van der Waals surface area contributed by atoms with E-state index in [0.717, 1.165) is 25.1 Å². The van der Waals surface area contributed by atoms with Crippen LogP contribution >= 0.6 is 0 Å². The van der Waals surface area contributed by atoms with Crippen LogP contribution in [0.3, 0.4) is 0 Å². The van der Waals surface area contributed by atoms with E-state index in [0.29, 0.717) is 29.7 Å². The Kier molecular flexibility index (Phi) is 4.28. The summed E-state index contributed by atoms with van der Waals surface area (Å²) in [6, 6.07) is -0.333. The highest BCUT2D eigenvalue weighted by Crippen LogP contribution is 2.67. The molecule has 8 heteroatoms. The Morgan fingerprint density at radius 1 is 1.23 bits per heavy atom. The van der Waals surface area contributed by atoms with Crippen molar-refractivity contribution >= 4 is 17.9 Å². The molecule has 7 atom stereocenters. The maximum absolute atomic E-state index is 12.2. The van der Waals surface area contributed by atoms with Gasteiger partial charge in [-0.25, -0.2) is 4.79 Å². The molecule has 4 aliphatic rings. The van der Waals surface area contributed by atoms with Gasteiger partial charge in [-0.05, 0) is 67.8 Å². The topological polar surface area (TPSA) is 117 Å². The first kappa shape index (κ1) is 19.6. The van der Waals surface area contributed by atoms with E-state index in [1.807, 2.05) is 11.9 Å². The first-order chi connectivity index (χ1) is 14.2. The summed E-state index contributed by atoms with van der Waals surface area (Å²) in [5.74, 6) is 3.51. The van der Waals surface area contributed by atoms with Gasteiger partial charge in [-0.2, -0.15) is 4.98 Å². The smallest absolute Gasteiger partial charge is 0.319 e. The van der Waals surface area contributed by atoms with Gasteiger partial charge in [-0.1, -0.05) is 19.9 Å². The third-order valence-electron chi connectivity index (χ3n) is 9.20. The van der Waals surface area contributed by atoms with E-state index < -0.39 is 6.03 Å². The van der Waals surface area contributed by atoms with E-state index in [9.17, 15) is 9.59 Å². The number of aromatic nitrogens is 3. The molecule has 162 valence electrons. The first-order valence-corrected chi connectivity index (χ1v) is 11.2. The van der Waals surface area contributed by atoms with Crippen LogP contribution in [-0.2, 0) is 4.79 Å². The number of rotatable bonds is 2. The second-order valence-electron chi connectivity index (χ2n) is 10.3. The van der Waals surface area contributed by atoms with Gasteiger partial charge >= 0.3 is 6.03 Å². The fraction of sp³-hybridized carbons (Fsp3) is 0.727. The number of primary amides is 1. The molecule has 2 heterocycles. The predicted octanol–water partition coefficient (Wildman–Crippen LogP) is 3.02. The quantitative estimate of drug-likeness (QED) is 0.692. The van der Waals surface area contributed by atoms with E-state index in [2.05, 4.69) is 40.4 Å². The van der Waals surface area contributed by atoms with Crippen molar-refractivity contribution in [2.24, 2.45) is 34.3 Å². The minimum Gasteiger partial charge on any atom is -0.351 e. The Morgan fingerprint density at radius 2 is 2.03 bits per heavy atom. The normalized spacial score (nSPS) is 42.4. The van der Waals surface area contributed by atoms with Crippen molar-refractivity contribution in [1.82, 2.24) is 20.1 Å². The Labute approximate surface area is 177 Å². The van der Waals surface area contributed by atoms with Crippen molar-refractivity contribution < 1.29 is 9.59 Å². The van der Waals surface area contributed by atoms with Crippen molar-refractivity contribution in [3.05, 3.63) is 18.0 Å². The van der Waals surface area contributed by atoms with Crippen LogP contribution in [0.1, 0.15) is 64.1 Å². The highest BCUT2D eigenvalue weighted by Gasteiger charge is 2.61. The molecule has 4 N–H and O–H groups in total. The molecule has 0 unspecified atom stereocenters. The molecule has 8 nitrogen and oxygen atoms in total. The zero-order valence-electron chi connectivity index (χ0n) is 18.0. The van der Waals surface area contributed by atoms with Crippen LogP contribution in [0.4, 0.5) is 10.7 Å². The largest absolute Gasteiger partial charge is 0.351 e. The second-order valence-corrected chi connectivity index (χ2v) is 10.3. The van der Waals surface area contributed by atoms with Crippen molar-refractivity contribution in [1.29, 1.82) is 0 Å². The van der Waals surface area contributed by atoms with Gasteiger partial charge in [-0.15, -0.1) is 5.10 Å². The molecule has 1 aromatic heterocycles. The summed E-state index contributed by atoms with van der Waals surface area (Å²) in [4.78, 5) is 29.9. The molecule has 0 aromatic carbocycles. The molecular weight excluding hydrogens is 380 g/mol. The summed E-state index contributed by atoms with van der Waals surface area (Å²) in [6.07, 6.45) is 10.9. The third kappa shape index (κ3) is 2.65. The number of hydrogen-bond acceptors (Lipinski definition) is 4. The van der Waals surface area contributed by atoms with Crippen molar-refractivity contribution in [2.75, 3.05) is 12.4 Å². The molecule has 0 spiro atoms. The average molecular weight is 413 g/mol. The Morgan fingerprint density at radius 3 is 2.80 bits per heavy atom. The average Bonchev–Trinajstić information content (AvgIpc) is 3.28. The van der Waals surface area contributed by atoms with E-state index in [-0.39, 0.29) is 22.7 Å². The highest BCUT2D eigenvalue weighted by molar-refractivity contribution is 5.89. The number of H-pyrrole nitrogens is 1. The lowest BCUT2D eigenvalue weighted by Gasteiger charge is -2.60. The van der Waals surface area contributed by atoms with Crippen LogP contribution in [0.2, 0.25) is 0 Å². The van der Waals surface area contributed by atoms with Gasteiger partial charge in [0.1, 0.15) is 5.82 Å². The summed E-state index contributed by atoms with van der Waals surface area (Å²) in [6.45, 7) is 4.80. The fourth-order valence-electron chi connectivity index (χ4n) is 7.78. The van der Waals surface area contributed by atoms with Gasteiger partial charge in [0.25, 0.3) is 0 Å². The molecule has 3 saturated carbocycles. The number of likely N-dealkylation sites (N-methyl/N-ethyl adjacent to an activating group) is 1. The number of urea groups is 1. The van der Waals surface area contributed by atoms with E-state index in [1.54, 1.807) is 6.08 Å². The first-order valence-electron chi connectivity index (χ1n) is 11.2. The Hall–Kier alpha value is -2.38. The number of nitrogens with two attached hydrogens (primary N) is 1. The lowest BCUT2D eigenvalue weighted by molar-refractivity contribution is -0.138. The van der Waals surface area contributed by atoms with Gasteiger partial charge in [0.2, 0.25) is 11.9 Å². The van der Waals surface area contributed by atoms with Crippen molar-refractivity contribution in [2.45, 2.75) is 64.3 Å². The number of amides is 3. The third-order valence-corrected chi connectivity index (χ3v) is 9.20. The molecule has 0 bridgehead atoms. The minimum absolute atomic E-state index is 0.0653. The minimum atomic E-state index is -0.648. The monoisotopic (exact) mass is 412 g/mol. The number of anilines is 1. The molecule has 3 fully saturated rings. The second kappa shape index (κ2) is 6.56. The molecule has 3 aliphatic carbocycles. The summed E-state index contributed by atoms with van der Waals surface area (Å²) >= 11 is 0. The van der Waals surface area contributed by atoms with Crippen LogP contribution in [0, 0.1) is 28.6 Å². The van der Waals surface area contributed by atoms with E-state index in [1.165, 1.54) is 19.3 Å². The van der Waals surface area contributed by atoms with Gasteiger partial charge in [0.05, 0.1) is 0 Å². The molecule has 30 heavy (non-hydrogen) atoms. The van der Waals surface area contributed by atoms with E-state index in [4.69, 9.17) is 5.73 Å². The Bertz CT molecular complexity index is 911. The van der Waals surface area contributed by atoms with Gasteiger partial charge < -0.3 is 10.6 Å². The van der Waals surface area contributed by atoms with Gasteiger partial charge in [-0.3, -0.25) is 15.2 Å². The fourth-order valence-corrected chi connectivity index (χ4v) is 7.78.